The fraction of sp³-hybridized carbons (Fsp3) is 0.750. The maximum atomic E-state index is 11.3. The maximum absolute atomic E-state index is 11.3. The first-order chi connectivity index (χ1) is 6.52. The Morgan fingerprint density at radius 1 is 1.57 bits per heavy atom. The van der Waals surface area contributed by atoms with Crippen LogP contribution in [0.3, 0.4) is 0 Å². The molecule has 14 heavy (non-hydrogen) atoms. The van der Waals surface area contributed by atoms with Crippen LogP contribution in [0, 0.1) is 0 Å². The van der Waals surface area contributed by atoms with E-state index in [0.717, 1.165) is 6.42 Å². The molecule has 1 heterocycles. The summed E-state index contributed by atoms with van der Waals surface area (Å²) in [6, 6.07) is 0. The second-order valence-corrected chi connectivity index (χ2v) is 4.19. The van der Waals surface area contributed by atoms with Crippen molar-refractivity contribution in [2.75, 3.05) is 6.54 Å². The Labute approximate surface area is 92.1 Å². The third-order valence-electron chi connectivity index (χ3n) is 1.92. The number of hydrogen-bond acceptors (Lipinski definition) is 3. The number of carbonyl (C=O) groups is 2. The van der Waals surface area contributed by atoms with E-state index < -0.39 is 17.0 Å². The van der Waals surface area contributed by atoms with Gasteiger partial charge in [-0.25, -0.2) is 0 Å². The molecule has 0 aromatic rings. The van der Waals surface area contributed by atoms with Crippen molar-refractivity contribution in [3.05, 3.63) is 0 Å². The van der Waals surface area contributed by atoms with E-state index in [1.165, 1.54) is 11.8 Å². The highest BCUT2D eigenvalue weighted by Gasteiger charge is 2.34. The van der Waals surface area contributed by atoms with E-state index in [1.54, 1.807) is 0 Å². The van der Waals surface area contributed by atoms with E-state index in [2.05, 4.69) is 0 Å². The lowest BCUT2D eigenvalue weighted by molar-refractivity contribution is -0.159. The van der Waals surface area contributed by atoms with E-state index in [1.807, 2.05) is 0 Å². The molecule has 1 fully saturated rings. The molecular weight excluding hydrogens is 229 g/mol. The smallest absolute Gasteiger partial charge is 0.304 e. The summed E-state index contributed by atoms with van der Waals surface area (Å²) in [5.41, 5.74) is 0. The van der Waals surface area contributed by atoms with E-state index in [0.29, 0.717) is 13.0 Å². The minimum atomic E-state index is -0.916. The van der Waals surface area contributed by atoms with Crippen molar-refractivity contribution < 1.29 is 14.3 Å². The number of carbonyl (C=O) groups excluding carboxylic acids is 2. The highest BCUT2D eigenvalue weighted by Crippen LogP contribution is 2.21. The van der Waals surface area contributed by atoms with Gasteiger partial charge in [-0.3, -0.25) is 9.59 Å². The highest BCUT2D eigenvalue weighted by molar-refractivity contribution is 6.44. The molecule has 4 nitrogen and oxygen atoms in total. The number of ether oxygens (including phenoxy) is 1. The molecule has 1 saturated heterocycles. The predicted octanol–water partition coefficient (Wildman–Crippen LogP) is 1.30. The van der Waals surface area contributed by atoms with Crippen molar-refractivity contribution >= 4 is 35.1 Å². The van der Waals surface area contributed by atoms with Crippen molar-refractivity contribution in [1.82, 2.24) is 4.90 Å². The molecule has 1 aliphatic rings. The van der Waals surface area contributed by atoms with Gasteiger partial charge in [-0.1, -0.05) is 23.2 Å². The van der Waals surface area contributed by atoms with Gasteiger partial charge < -0.3 is 9.64 Å². The number of amides is 1. The molecule has 0 aliphatic carbocycles. The summed E-state index contributed by atoms with van der Waals surface area (Å²) >= 11 is 11.3. The zero-order valence-corrected chi connectivity index (χ0v) is 9.22. The minimum Gasteiger partial charge on any atom is -0.439 e. The van der Waals surface area contributed by atoms with Crippen LogP contribution < -0.4 is 0 Å². The highest BCUT2D eigenvalue weighted by atomic mass is 35.5. The number of likely N-dealkylation sites (tertiary alicyclic amines) is 1. The van der Waals surface area contributed by atoms with E-state index in [9.17, 15) is 9.59 Å². The van der Waals surface area contributed by atoms with Gasteiger partial charge >= 0.3 is 5.97 Å². The summed E-state index contributed by atoms with van der Waals surface area (Å²) in [5, 5.41) is 0. The average molecular weight is 240 g/mol. The number of alkyl halides is 2. The Bertz CT molecular complexity index is 245. The molecule has 1 atom stereocenters. The number of nitrogens with zero attached hydrogens (tertiary/aromatic N) is 1. The Kier molecular flexibility index (Phi) is 4.01. The van der Waals surface area contributed by atoms with Gasteiger partial charge in [0, 0.05) is 19.9 Å². The molecule has 80 valence electrons. The SMILES string of the molecule is CC(=O)OC(C(Cl)Cl)N1CCCC1=O. The lowest BCUT2D eigenvalue weighted by Gasteiger charge is -2.27. The Balaban J connectivity index is 2.66. The zero-order valence-electron chi connectivity index (χ0n) is 7.70. The maximum Gasteiger partial charge on any atom is 0.304 e. The Morgan fingerprint density at radius 2 is 2.21 bits per heavy atom. The molecule has 1 amide bonds. The third-order valence-corrected chi connectivity index (χ3v) is 2.35. The lowest BCUT2D eigenvalue weighted by atomic mass is 10.4. The molecule has 0 radical (unpaired) electrons. The molecule has 0 aromatic carbocycles. The predicted molar refractivity (Wildman–Crippen MR) is 52.0 cm³/mol. The fourth-order valence-electron chi connectivity index (χ4n) is 1.36. The second-order valence-electron chi connectivity index (χ2n) is 3.03. The Morgan fingerprint density at radius 3 is 2.57 bits per heavy atom. The van der Waals surface area contributed by atoms with Gasteiger partial charge in [0.1, 0.15) is 0 Å². The first-order valence-corrected chi connectivity index (χ1v) is 5.14. The van der Waals surface area contributed by atoms with Crippen LogP contribution in [-0.4, -0.2) is 34.4 Å². The summed E-state index contributed by atoms with van der Waals surface area (Å²) in [4.78, 5) is 22.5. The molecule has 0 saturated carbocycles. The minimum absolute atomic E-state index is 0.0810. The van der Waals surface area contributed by atoms with Crippen molar-refractivity contribution in [3.8, 4) is 0 Å². The van der Waals surface area contributed by atoms with Crippen LogP contribution in [0.2, 0.25) is 0 Å². The normalized spacial score (nSPS) is 18.9. The average Bonchev–Trinajstić information content (AvgIpc) is 2.46. The molecule has 0 N–H and O–H groups in total. The first kappa shape index (κ1) is 11.6. The van der Waals surface area contributed by atoms with Gasteiger partial charge in [-0.2, -0.15) is 0 Å². The summed E-state index contributed by atoms with van der Waals surface area (Å²) in [6.07, 6.45) is 0.348. The summed E-state index contributed by atoms with van der Waals surface area (Å²) < 4.78 is 4.87. The molecule has 0 aromatic heterocycles. The number of rotatable bonds is 3. The van der Waals surface area contributed by atoms with Crippen molar-refractivity contribution in [3.63, 3.8) is 0 Å². The van der Waals surface area contributed by atoms with Gasteiger partial charge in [-0.05, 0) is 6.42 Å². The number of esters is 1. The standard InChI is InChI=1S/C8H11Cl2NO3/c1-5(12)14-8(7(9)10)11-4-2-3-6(11)13/h7-8H,2-4H2,1H3. The molecule has 1 unspecified atom stereocenters. The largest absolute Gasteiger partial charge is 0.439 e. The lowest BCUT2D eigenvalue weighted by Crippen LogP contribution is -2.43. The van der Waals surface area contributed by atoms with Gasteiger partial charge in [-0.15, -0.1) is 0 Å². The molecule has 6 heteroatoms. The van der Waals surface area contributed by atoms with Crippen LogP contribution in [0.5, 0.6) is 0 Å². The third kappa shape index (κ3) is 2.75. The summed E-state index contributed by atoms with van der Waals surface area (Å²) in [7, 11) is 0. The topological polar surface area (TPSA) is 46.6 Å². The Hall–Kier alpha value is -0.480. The number of hydrogen-bond donors (Lipinski definition) is 0. The number of halogens is 2. The second kappa shape index (κ2) is 4.84. The summed E-state index contributed by atoms with van der Waals surface area (Å²) in [5.74, 6) is -0.580. The molecule has 0 bridgehead atoms. The van der Waals surface area contributed by atoms with Crippen LogP contribution in [0.25, 0.3) is 0 Å². The molecular formula is C8H11Cl2NO3. The zero-order chi connectivity index (χ0) is 10.7. The van der Waals surface area contributed by atoms with Crippen LogP contribution >= 0.6 is 23.2 Å². The van der Waals surface area contributed by atoms with Crippen molar-refractivity contribution in [2.45, 2.75) is 30.8 Å². The van der Waals surface area contributed by atoms with E-state index >= 15 is 0 Å². The van der Waals surface area contributed by atoms with Gasteiger partial charge in [0.15, 0.2) is 4.84 Å². The first-order valence-electron chi connectivity index (χ1n) is 4.27. The molecule has 1 aliphatic heterocycles. The monoisotopic (exact) mass is 239 g/mol. The van der Waals surface area contributed by atoms with Gasteiger partial charge in [0.2, 0.25) is 12.1 Å². The van der Waals surface area contributed by atoms with Crippen molar-refractivity contribution in [2.24, 2.45) is 0 Å². The fourth-order valence-corrected chi connectivity index (χ4v) is 1.73. The molecule has 1 rings (SSSR count). The van der Waals surface area contributed by atoms with Crippen LogP contribution in [0.1, 0.15) is 19.8 Å². The summed E-state index contributed by atoms with van der Waals surface area (Å²) in [6.45, 7) is 1.79. The van der Waals surface area contributed by atoms with E-state index in [-0.39, 0.29) is 5.91 Å². The van der Waals surface area contributed by atoms with Crippen LogP contribution in [0.15, 0.2) is 0 Å². The van der Waals surface area contributed by atoms with Crippen LogP contribution in [0.4, 0.5) is 0 Å². The van der Waals surface area contributed by atoms with Gasteiger partial charge in [0.25, 0.3) is 0 Å². The van der Waals surface area contributed by atoms with Crippen LogP contribution in [-0.2, 0) is 14.3 Å². The molecule has 0 spiro atoms. The van der Waals surface area contributed by atoms with Gasteiger partial charge in [0.05, 0.1) is 0 Å². The quantitative estimate of drug-likeness (QED) is 0.551. The van der Waals surface area contributed by atoms with Crippen molar-refractivity contribution in [1.29, 1.82) is 0 Å². The van der Waals surface area contributed by atoms with E-state index in [4.69, 9.17) is 27.9 Å².